The van der Waals surface area contributed by atoms with Gasteiger partial charge in [-0.15, -0.1) is 10.2 Å². The summed E-state index contributed by atoms with van der Waals surface area (Å²) in [7, 11) is 0. The Kier molecular flexibility index (Phi) is 6.54. The van der Waals surface area contributed by atoms with E-state index in [9.17, 15) is 0 Å². The first-order chi connectivity index (χ1) is 15.7. The Morgan fingerprint density at radius 2 is 1.03 bits per heavy atom. The third-order valence-corrected chi connectivity index (χ3v) is 5.41. The Balaban J connectivity index is 1.70. The monoisotopic (exact) mass is 425 g/mol. The summed E-state index contributed by atoms with van der Waals surface area (Å²) in [6.45, 7) is 8.31. The van der Waals surface area contributed by atoms with E-state index in [4.69, 9.17) is 15.0 Å². The Hall–Kier alpha value is -3.61. The normalized spacial score (nSPS) is 11.0. The molecule has 0 saturated carbocycles. The van der Waals surface area contributed by atoms with E-state index in [2.05, 4.69) is 48.1 Å². The second-order valence-electron chi connectivity index (χ2n) is 7.46. The number of aromatic nitrogens is 7. The molecule has 0 atom stereocenters. The summed E-state index contributed by atoms with van der Waals surface area (Å²) < 4.78 is 0. The highest BCUT2D eigenvalue weighted by Gasteiger charge is 2.12. The van der Waals surface area contributed by atoms with Crippen molar-refractivity contribution in [3.63, 3.8) is 0 Å². The van der Waals surface area contributed by atoms with Crippen LogP contribution in [0.3, 0.4) is 0 Å². The van der Waals surface area contributed by atoms with E-state index in [0.717, 1.165) is 65.3 Å². The molecule has 0 N–H and O–H groups in total. The molecule has 1 aromatic carbocycles. The summed E-state index contributed by atoms with van der Waals surface area (Å²) in [5.74, 6) is 1.18. The highest BCUT2D eigenvalue weighted by Crippen LogP contribution is 2.25. The zero-order chi connectivity index (χ0) is 22.5. The summed E-state index contributed by atoms with van der Waals surface area (Å²) in [5, 5.41) is 17.4. The van der Waals surface area contributed by atoms with Crippen LogP contribution < -0.4 is 0 Å². The zero-order valence-corrected chi connectivity index (χ0v) is 19.0. The summed E-state index contributed by atoms with van der Waals surface area (Å²) in [4.78, 5) is 14.3. The molecule has 0 saturated heterocycles. The molecule has 0 bridgehead atoms. The van der Waals surface area contributed by atoms with Gasteiger partial charge in [-0.3, -0.25) is 0 Å². The van der Waals surface area contributed by atoms with Gasteiger partial charge in [0.1, 0.15) is 5.69 Å². The van der Waals surface area contributed by atoms with E-state index in [1.54, 1.807) is 0 Å². The van der Waals surface area contributed by atoms with E-state index in [-0.39, 0.29) is 0 Å². The van der Waals surface area contributed by atoms with Gasteiger partial charge < -0.3 is 0 Å². The predicted octanol–water partition coefficient (Wildman–Crippen LogP) is 4.70. The second-order valence-corrected chi connectivity index (χ2v) is 7.46. The van der Waals surface area contributed by atoms with Gasteiger partial charge in [-0.1, -0.05) is 52.0 Å². The van der Waals surface area contributed by atoms with Crippen LogP contribution in [0.1, 0.15) is 50.5 Å². The van der Waals surface area contributed by atoms with Gasteiger partial charge in [0.15, 0.2) is 5.82 Å². The molecule has 4 aromatic rings. The van der Waals surface area contributed by atoms with Crippen molar-refractivity contribution in [1.29, 1.82) is 0 Å². The lowest BCUT2D eigenvalue weighted by atomic mass is 10.1. The molecule has 3 heterocycles. The lowest BCUT2D eigenvalue weighted by Gasteiger charge is -2.09. The topological polar surface area (TPSA) is 90.2 Å². The molecule has 0 aliphatic carbocycles. The third kappa shape index (κ3) is 4.37. The third-order valence-electron chi connectivity index (χ3n) is 5.41. The van der Waals surface area contributed by atoms with E-state index in [1.165, 1.54) is 0 Å². The first-order valence-corrected chi connectivity index (χ1v) is 11.2. The molecule has 0 aliphatic rings. The van der Waals surface area contributed by atoms with Crippen LogP contribution in [0.4, 0.5) is 0 Å². The van der Waals surface area contributed by atoms with E-state index in [0.29, 0.717) is 17.3 Å². The largest absolute Gasteiger partial charge is 0.244 e. The van der Waals surface area contributed by atoms with E-state index >= 15 is 0 Å². The standard InChI is InChI=1S/C25H27N7/c1-5-18-20(7-3)29-31-24(27-18)17-12-9-11-16(15-17)22-13-10-14-23(26-22)25-28-19(6-2)21(8-4)30-32-25/h9-15H,5-8H2,1-4H3. The Morgan fingerprint density at radius 3 is 1.69 bits per heavy atom. The van der Waals surface area contributed by atoms with Gasteiger partial charge >= 0.3 is 0 Å². The second kappa shape index (κ2) is 9.68. The van der Waals surface area contributed by atoms with Gasteiger partial charge in [0, 0.05) is 11.1 Å². The molecule has 0 unspecified atom stereocenters. The Labute approximate surface area is 188 Å². The summed E-state index contributed by atoms with van der Waals surface area (Å²) in [6.07, 6.45) is 3.30. The van der Waals surface area contributed by atoms with Gasteiger partial charge in [-0.05, 0) is 43.9 Å². The van der Waals surface area contributed by atoms with Crippen LogP contribution in [0.15, 0.2) is 42.5 Å². The van der Waals surface area contributed by atoms with Crippen molar-refractivity contribution in [3.05, 3.63) is 65.2 Å². The highest BCUT2D eigenvalue weighted by molar-refractivity contribution is 5.69. The molecule has 7 nitrogen and oxygen atoms in total. The van der Waals surface area contributed by atoms with Crippen molar-refractivity contribution >= 4 is 0 Å². The van der Waals surface area contributed by atoms with Crippen LogP contribution in [0, 0.1) is 0 Å². The molecule has 32 heavy (non-hydrogen) atoms. The van der Waals surface area contributed by atoms with Crippen LogP contribution >= 0.6 is 0 Å². The minimum atomic E-state index is 0.548. The number of hydrogen-bond donors (Lipinski definition) is 0. The van der Waals surface area contributed by atoms with Gasteiger partial charge in [0.2, 0.25) is 5.82 Å². The predicted molar refractivity (Wildman–Crippen MR) is 125 cm³/mol. The molecule has 0 radical (unpaired) electrons. The average Bonchev–Trinajstić information content (AvgIpc) is 2.87. The number of aryl methyl sites for hydroxylation is 4. The fourth-order valence-electron chi connectivity index (χ4n) is 3.64. The molecule has 4 rings (SSSR count). The summed E-state index contributed by atoms with van der Waals surface area (Å²) in [6, 6.07) is 13.9. The molecular formula is C25H27N7. The van der Waals surface area contributed by atoms with E-state index < -0.39 is 0 Å². The van der Waals surface area contributed by atoms with Crippen molar-refractivity contribution in [2.75, 3.05) is 0 Å². The molecule has 0 spiro atoms. The van der Waals surface area contributed by atoms with Crippen molar-refractivity contribution in [3.8, 4) is 34.2 Å². The van der Waals surface area contributed by atoms with Crippen LogP contribution in [0.5, 0.6) is 0 Å². The van der Waals surface area contributed by atoms with Crippen LogP contribution in [0.25, 0.3) is 34.2 Å². The average molecular weight is 426 g/mol. The van der Waals surface area contributed by atoms with Gasteiger partial charge in [-0.25, -0.2) is 15.0 Å². The first kappa shape index (κ1) is 21.6. The molecule has 162 valence electrons. The maximum atomic E-state index is 4.82. The molecule has 3 aromatic heterocycles. The SMILES string of the molecule is CCc1nnc(-c2cccc(-c3cccc(-c4nnc(CC)c(CC)n4)n3)c2)nc1CC. The Morgan fingerprint density at radius 1 is 0.500 bits per heavy atom. The number of pyridine rings is 1. The molecular weight excluding hydrogens is 398 g/mol. The lowest BCUT2D eigenvalue weighted by molar-refractivity contribution is 0.826. The molecule has 7 heteroatoms. The smallest absolute Gasteiger partial charge is 0.200 e. The van der Waals surface area contributed by atoms with Crippen LogP contribution in [-0.2, 0) is 25.7 Å². The van der Waals surface area contributed by atoms with Gasteiger partial charge in [0.05, 0.1) is 28.5 Å². The maximum Gasteiger partial charge on any atom is 0.200 e. The van der Waals surface area contributed by atoms with Crippen molar-refractivity contribution in [1.82, 2.24) is 35.3 Å². The van der Waals surface area contributed by atoms with Gasteiger partial charge in [-0.2, -0.15) is 10.2 Å². The lowest BCUT2D eigenvalue weighted by Crippen LogP contribution is -2.05. The highest BCUT2D eigenvalue weighted by atomic mass is 15.2. The van der Waals surface area contributed by atoms with Crippen molar-refractivity contribution < 1.29 is 0 Å². The quantitative estimate of drug-likeness (QED) is 0.424. The number of benzene rings is 1. The number of rotatable bonds is 7. The number of nitrogens with zero attached hydrogens (tertiary/aromatic N) is 7. The molecule has 0 aliphatic heterocycles. The minimum absolute atomic E-state index is 0.548. The fourth-order valence-corrected chi connectivity index (χ4v) is 3.64. The maximum absolute atomic E-state index is 4.82. The van der Waals surface area contributed by atoms with Crippen LogP contribution in [0.2, 0.25) is 0 Å². The first-order valence-electron chi connectivity index (χ1n) is 11.2. The summed E-state index contributed by atoms with van der Waals surface area (Å²) in [5.41, 5.74) is 7.28. The van der Waals surface area contributed by atoms with Crippen molar-refractivity contribution in [2.24, 2.45) is 0 Å². The van der Waals surface area contributed by atoms with Gasteiger partial charge in [0.25, 0.3) is 0 Å². The van der Waals surface area contributed by atoms with Crippen molar-refractivity contribution in [2.45, 2.75) is 53.4 Å². The molecule has 0 fully saturated rings. The molecule has 0 amide bonds. The zero-order valence-electron chi connectivity index (χ0n) is 19.0. The van der Waals surface area contributed by atoms with E-state index in [1.807, 2.05) is 42.5 Å². The fraction of sp³-hybridized carbons (Fsp3) is 0.320. The minimum Gasteiger partial charge on any atom is -0.244 e. The summed E-state index contributed by atoms with van der Waals surface area (Å²) >= 11 is 0. The Bertz CT molecular complexity index is 1140. The van der Waals surface area contributed by atoms with Crippen LogP contribution in [-0.4, -0.2) is 35.3 Å². The number of hydrogen-bond acceptors (Lipinski definition) is 7.